The fourth-order valence-electron chi connectivity index (χ4n) is 3.50. The molecule has 0 spiro atoms. The summed E-state index contributed by atoms with van der Waals surface area (Å²) in [5.41, 5.74) is 2.18. The maximum absolute atomic E-state index is 10.7. The average Bonchev–Trinajstić information content (AvgIpc) is 2.69. The first-order valence-electron chi connectivity index (χ1n) is 8.75. The Morgan fingerprint density at radius 3 is 2.11 bits per heavy atom. The maximum atomic E-state index is 10.7. The van der Waals surface area contributed by atoms with Crippen LogP contribution in [0.5, 0.6) is 17.2 Å². The van der Waals surface area contributed by atoms with Crippen molar-refractivity contribution in [3.8, 4) is 17.2 Å². The average molecular weight is 413 g/mol. The summed E-state index contributed by atoms with van der Waals surface area (Å²) in [6.07, 6.45) is 2.05. The smallest absolute Gasteiger partial charge is 0.201 e. The lowest BCUT2D eigenvalue weighted by Gasteiger charge is -2.35. The van der Waals surface area contributed by atoms with E-state index in [0.717, 1.165) is 16.7 Å². The van der Waals surface area contributed by atoms with E-state index in [2.05, 4.69) is 6.92 Å². The van der Waals surface area contributed by atoms with Crippen molar-refractivity contribution in [3.05, 3.63) is 93.5 Å². The second-order valence-corrected chi connectivity index (χ2v) is 7.69. The molecule has 1 N–H and O–H groups in total. The van der Waals surface area contributed by atoms with Gasteiger partial charge in [-0.25, -0.2) is 0 Å². The molecule has 1 aliphatic heterocycles. The van der Waals surface area contributed by atoms with Crippen molar-refractivity contribution in [2.75, 3.05) is 7.11 Å². The highest BCUT2D eigenvalue weighted by Gasteiger charge is 2.37. The van der Waals surface area contributed by atoms with Crippen LogP contribution in [-0.2, 0) is 5.41 Å². The number of hydrogen-bond acceptors (Lipinski definition) is 3. The van der Waals surface area contributed by atoms with E-state index in [1.54, 1.807) is 6.07 Å². The Hall–Kier alpha value is -2.62. The summed E-state index contributed by atoms with van der Waals surface area (Å²) in [4.78, 5) is 0. The van der Waals surface area contributed by atoms with E-state index in [0.29, 0.717) is 27.3 Å². The van der Waals surface area contributed by atoms with E-state index in [1.165, 1.54) is 7.11 Å². The first kappa shape index (κ1) is 18.7. The monoisotopic (exact) mass is 412 g/mol. The highest BCUT2D eigenvalue weighted by Crippen LogP contribution is 2.51. The highest BCUT2D eigenvalue weighted by molar-refractivity contribution is 6.30. The third-order valence-electron chi connectivity index (χ3n) is 5.08. The fraction of sp³-hybridized carbons (Fsp3) is 0.130. The van der Waals surface area contributed by atoms with E-state index in [4.69, 9.17) is 32.7 Å². The summed E-state index contributed by atoms with van der Waals surface area (Å²) in [7, 11) is 1.51. The number of rotatable bonds is 3. The van der Waals surface area contributed by atoms with Crippen molar-refractivity contribution >= 4 is 29.0 Å². The fourth-order valence-corrected chi connectivity index (χ4v) is 3.75. The van der Waals surface area contributed by atoms with Crippen molar-refractivity contribution in [3.63, 3.8) is 0 Å². The van der Waals surface area contributed by atoms with Crippen LogP contribution < -0.4 is 9.47 Å². The molecule has 3 aromatic rings. The number of hydrogen-bond donors (Lipinski definition) is 1. The number of allylic oxidation sites excluding steroid dienone is 1. The standard InChI is InChI=1S/C23H18Cl2O3/c1-23(15-5-9-17(25)10-6-15)13-20(14-3-7-16(24)8-4-14)28-22-18(23)11-12-19(27-2)21(22)26/h3-13,26H,1-2H3. The molecule has 1 unspecified atom stereocenters. The molecular formula is C23H18Cl2O3. The van der Waals surface area contributed by atoms with Crippen LogP contribution in [0.2, 0.25) is 10.0 Å². The molecule has 0 fully saturated rings. The van der Waals surface area contributed by atoms with Crippen LogP contribution in [0.25, 0.3) is 5.76 Å². The van der Waals surface area contributed by atoms with Crippen LogP contribution in [-0.4, -0.2) is 12.2 Å². The van der Waals surface area contributed by atoms with Crippen LogP contribution in [0.1, 0.15) is 23.6 Å². The zero-order valence-corrected chi connectivity index (χ0v) is 16.9. The van der Waals surface area contributed by atoms with Gasteiger partial charge in [-0.3, -0.25) is 0 Å². The van der Waals surface area contributed by atoms with Gasteiger partial charge in [0.2, 0.25) is 5.75 Å². The molecule has 1 aliphatic rings. The van der Waals surface area contributed by atoms with Crippen LogP contribution >= 0.6 is 23.2 Å². The second-order valence-electron chi connectivity index (χ2n) is 6.82. The van der Waals surface area contributed by atoms with Crippen LogP contribution in [0, 0.1) is 0 Å². The molecule has 0 amide bonds. The number of methoxy groups -OCH3 is 1. The summed E-state index contributed by atoms with van der Waals surface area (Å²) in [6.45, 7) is 2.08. The van der Waals surface area contributed by atoms with E-state index >= 15 is 0 Å². The molecule has 5 heteroatoms. The molecule has 1 atom stereocenters. The number of halogens is 2. The summed E-state index contributed by atoms with van der Waals surface area (Å²) in [5, 5.41) is 12.1. The second kappa shape index (κ2) is 7.08. The Labute approximate surface area is 173 Å². The van der Waals surface area contributed by atoms with E-state index in [-0.39, 0.29) is 5.75 Å². The van der Waals surface area contributed by atoms with E-state index in [1.807, 2.05) is 60.7 Å². The summed E-state index contributed by atoms with van der Waals surface area (Å²) in [6, 6.07) is 18.7. The Morgan fingerprint density at radius 2 is 1.50 bits per heavy atom. The van der Waals surface area contributed by atoms with E-state index < -0.39 is 5.41 Å². The van der Waals surface area contributed by atoms with Gasteiger partial charge in [0.25, 0.3) is 0 Å². The third-order valence-corrected chi connectivity index (χ3v) is 5.58. The van der Waals surface area contributed by atoms with Crippen LogP contribution in [0.15, 0.2) is 66.7 Å². The summed E-state index contributed by atoms with van der Waals surface area (Å²) < 4.78 is 11.4. The molecular weight excluding hydrogens is 395 g/mol. The van der Waals surface area contributed by atoms with Gasteiger partial charge in [0.1, 0.15) is 5.76 Å². The van der Waals surface area contributed by atoms with Gasteiger partial charge in [-0.15, -0.1) is 0 Å². The van der Waals surface area contributed by atoms with Gasteiger partial charge in [-0.05, 0) is 61.0 Å². The minimum absolute atomic E-state index is 0.0280. The molecule has 4 rings (SSSR count). The zero-order valence-electron chi connectivity index (χ0n) is 15.4. The van der Waals surface area contributed by atoms with Crippen molar-refractivity contribution in [2.45, 2.75) is 12.3 Å². The van der Waals surface area contributed by atoms with Crippen molar-refractivity contribution in [1.82, 2.24) is 0 Å². The minimum Gasteiger partial charge on any atom is -0.502 e. The molecule has 0 aromatic heterocycles. The predicted molar refractivity (Wildman–Crippen MR) is 113 cm³/mol. The lowest BCUT2D eigenvalue weighted by molar-refractivity contribution is 0.351. The Bertz CT molecular complexity index is 1060. The zero-order chi connectivity index (χ0) is 19.9. The van der Waals surface area contributed by atoms with Gasteiger partial charge in [-0.1, -0.05) is 41.4 Å². The molecule has 0 bridgehead atoms. The topological polar surface area (TPSA) is 38.7 Å². The van der Waals surface area contributed by atoms with Crippen molar-refractivity contribution in [2.24, 2.45) is 0 Å². The first-order chi connectivity index (χ1) is 13.4. The molecule has 142 valence electrons. The molecule has 0 saturated heterocycles. The SMILES string of the molecule is COc1ccc2c(c1O)OC(c1ccc(Cl)cc1)=CC2(C)c1ccc(Cl)cc1. The number of ether oxygens (including phenoxy) is 2. The quantitative estimate of drug-likeness (QED) is 0.537. The Balaban J connectivity index is 1.95. The Morgan fingerprint density at radius 1 is 0.893 bits per heavy atom. The van der Waals surface area contributed by atoms with Gasteiger partial charge >= 0.3 is 0 Å². The van der Waals surface area contributed by atoms with Gasteiger partial charge in [0.05, 0.1) is 7.11 Å². The largest absolute Gasteiger partial charge is 0.502 e. The molecule has 28 heavy (non-hydrogen) atoms. The lowest BCUT2D eigenvalue weighted by Crippen LogP contribution is -2.26. The Kier molecular flexibility index (Phi) is 4.74. The summed E-state index contributed by atoms with van der Waals surface area (Å²) >= 11 is 12.1. The molecule has 0 aliphatic carbocycles. The van der Waals surface area contributed by atoms with Gasteiger partial charge in [-0.2, -0.15) is 0 Å². The number of benzene rings is 3. The van der Waals surface area contributed by atoms with Crippen molar-refractivity contribution in [1.29, 1.82) is 0 Å². The highest BCUT2D eigenvalue weighted by atomic mass is 35.5. The van der Waals surface area contributed by atoms with Crippen LogP contribution in [0.4, 0.5) is 0 Å². The molecule has 1 heterocycles. The third kappa shape index (κ3) is 3.11. The number of phenols is 1. The number of phenolic OH excluding ortho intramolecular Hbond substituents is 1. The minimum atomic E-state index is -0.545. The predicted octanol–water partition coefficient (Wildman–Crippen LogP) is 6.45. The molecule has 0 radical (unpaired) electrons. The van der Waals surface area contributed by atoms with E-state index in [9.17, 15) is 5.11 Å². The number of fused-ring (bicyclic) bond motifs is 1. The number of aromatic hydroxyl groups is 1. The normalized spacial score (nSPS) is 18.1. The maximum Gasteiger partial charge on any atom is 0.201 e. The van der Waals surface area contributed by atoms with Crippen LogP contribution in [0.3, 0.4) is 0 Å². The van der Waals surface area contributed by atoms with Gasteiger partial charge < -0.3 is 14.6 Å². The summed E-state index contributed by atoms with van der Waals surface area (Å²) in [5.74, 6) is 1.34. The molecule has 0 saturated carbocycles. The lowest BCUT2D eigenvalue weighted by atomic mass is 9.73. The molecule has 3 aromatic carbocycles. The van der Waals surface area contributed by atoms with Crippen molar-refractivity contribution < 1.29 is 14.6 Å². The van der Waals surface area contributed by atoms with Gasteiger partial charge in [0.15, 0.2) is 11.5 Å². The first-order valence-corrected chi connectivity index (χ1v) is 9.51. The molecule has 3 nitrogen and oxygen atoms in total. The van der Waals surface area contributed by atoms with Gasteiger partial charge in [0, 0.05) is 26.6 Å².